The number of hydrogen-bond acceptors (Lipinski definition) is 6. The van der Waals surface area contributed by atoms with Crippen LogP contribution < -0.4 is 0 Å². The maximum Gasteiger partial charge on any atom is 0.166 e. The van der Waals surface area contributed by atoms with Crippen molar-refractivity contribution < 1.29 is 0 Å². The van der Waals surface area contributed by atoms with Gasteiger partial charge in [0.05, 0.1) is 10.2 Å². The van der Waals surface area contributed by atoms with Crippen molar-refractivity contribution in [3.05, 3.63) is 182 Å². The minimum atomic E-state index is 0.622. The number of benzene rings is 8. The van der Waals surface area contributed by atoms with E-state index in [1.165, 1.54) is 21.0 Å². The lowest BCUT2D eigenvalue weighted by molar-refractivity contribution is 1.08. The zero-order chi connectivity index (χ0) is 37.0. The van der Waals surface area contributed by atoms with E-state index in [2.05, 4.69) is 170 Å². The molecule has 262 valence electrons. The summed E-state index contributed by atoms with van der Waals surface area (Å²) in [6, 6.07) is 63.8. The maximum atomic E-state index is 5.44. The molecule has 56 heavy (non-hydrogen) atoms. The van der Waals surface area contributed by atoms with Crippen molar-refractivity contribution in [3.8, 4) is 67.0 Å². The molecular formula is C50H30N4S2. The third kappa shape index (κ3) is 5.66. The first-order chi connectivity index (χ1) is 27.7. The minimum absolute atomic E-state index is 0.622. The van der Waals surface area contributed by atoms with Crippen LogP contribution in [0.1, 0.15) is 0 Å². The van der Waals surface area contributed by atoms with E-state index in [1.807, 2.05) is 12.1 Å². The first-order valence-corrected chi connectivity index (χ1v) is 20.2. The molecule has 0 bridgehead atoms. The van der Waals surface area contributed by atoms with Crippen LogP contribution in [-0.2, 0) is 0 Å². The summed E-state index contributed by atoms with van der Waals surface area (Å²) in [7, 11) is 0. The van der Waals surface area contributed by atoms with E-state index in [0.29, 0.717) is 17.5 Å². The van der Waals surface area contributed by atoms with Crippen molar-refractivity contribution in [3.63, 3.8) is 0 Å². The smallest absolute Gasteiger partial charge is 0.166 e. The highest BCUT2D eigenvalue weighted by atomic mass is 32.1. The average molecular weight is 751 g/mol. The lowest BCUT2D eigenvalue weighted by Crippen LogP contribution is -2.01. The molecule has 0 fully saturated rings. The Labute approximate surface area is 331 Å². The van der Waals surface area contributed by atoms with Gasteiger partial charge in [-0.3, -0.25) is 0 Å². The van der Waals surface area contributed by atoms with Crippen molar-refractivity contribution >= 4 is 63.8 Å². The van der Waals surface area contributed by atoms with Crippen LogP contribution in [0.2, 0.25) is 0 Å². The SMILES string of the molecule is c1ccc(-c2ccc(-c3nc(-c4cc(-c5ccccc5)c5ccccc5c4)nc(-c4c5sc(-c6ccccc6)nc5cc5sc6ccccc6c45)n3)cc2)cc1. The van der Waals surface area contributed by atoms with E-state index in [1.54, 1.807) is 22.7 Å². The number of rotatable bonds is 6. The van der Waals surface area contributed by atoms with Gasteiger partial charge in [-0.15, -0.1) is 22.7 Å². The van der Waals surface area contributed by atoms with Crippen LogP contribution >= 0.6 is 22.7 Å². The van der Waals surface area contributed by atoms with E-state index in [4.69, 9.17) is 19.9 Å². The normalized spacial score (nSPS) is 11.6. The van der Waals surface area contributed by atoms with Crippen LogP contribution in [0.15, 0.2) is 182 Å². The lowest BCUT2D eigenvalue weighted by atomic mass is 9.95. The molecule has 4 nitrogen and oxygen atoms in total. The molecule has 0 radical (unpaired) electrons. The Hall–Kier alpha value is -6.86. The van der Waals surface area contributed by atoms with E-state index in [-0.39, 0.29) is 0 Å². The van der Waals surface area contributed by atoms with Crippen molar-refractivity contribution in [1.82, 2.24) is 19.9 Å². The monoisotopic (exact) mass is 750 g/mol. The molecule has 0 saturated carbocycles. The predicted molar refractivity (Wildman–Crippen MR) is 236 cm³/mol. The Morgan fingerprint density at radius 1 is 0.357 bits per heavy atom. The molecule has 6 heteroatoms. The quantitative estimate of drug-likeness (QED) is 0.170. The Balaban J connectivity index is 1.20. The summed E-state index contributed by atoms with van der Waals surface area (Å²) in [6.07, 6.45) is 0. The highest BCUT2D eigenvalue weighted by Gasteiger charge is 2.23. The molecule has 0 aliphatic rings. The van der Waals surface area contributed by atoms with Gasteiger partial charge in [-0.05, 0) is 57.3 Å². The minimum Gasteiger partial charge on any atom is -0.236 e. The van der Waals surface area contributed by atoms with Gasteiger partial charge in [0.15, 0.2) is 17.5 Å². The summed E-state index contributed by atoms with van der Waals surface area (Å²) in [6.45, 7) is 0. The summed E-state index contributed by atoms with van der Waals surface area (Å²) in [5.74, 6) is 1.88. The average Bonchev–Trinajstić information content (AvgIpc) is 3.87. The number of fused-ring (bicyclic) bond motifs is 5. The first kappa shape index (κ1) is 32.6. The number of thiazole rings is 1. The Morgan fingerprint density at radius 2 is 0.929 bits per heavy atom. The largest absolute Gasteiger partial charge is 0.236 e. The van der Waals surface area contributed by atoms with Crippen LogP contribution in [-0.4, -0.2) is 19.9 Å². The summed E-state index contributed by atoms with van der Waals surface area (Å²) in [5.41, 5.74) is 9.46. The number of aromatic nitrogens is 4. The lowest BCUT2D eigenvalue weighted by Gasteiger charge is -2.13. The fourth-order valence-corrected chi connectivity index (χ4v) is 9.92. The molecule has 11 rings (SSSR count). The Bertz CT molecular complexity index is 3230. The van der Waals surface area contributed by atoms with Gasteiger partial charge in [0.25, 0.3) is 0 Å². The van der Waals surface area contributed by atoms with Gasteiger partial charge in [0.1, 0.15) is 5.01 Å². The van der Waals surface area contributed by atoms with Crippen molar-refractivity contribution in [2.24, 2.45) is 0 Å². The van der Waals surface area contributed by atoms with Crippen LogP contribution in [0.3, 0.4) is 0 Å². The molecule has 0 amide bonds. The van der Waals surface area contributed by atoms with Crippen LogP contribution in [0.5, 0.6) is 0 Å². The van der Waals surface area contributed by atoms with E-state index < -0.39 is 0 Å². The van der Waals surface area contributed by atoms with Crippen LogP contribution in [0.4, 0.5) is 0 Å². The van der Waals surface area contributed by atoms with Gasteiger partial charge >= 0.3 is 0 Å². The second-order valence-electron chi connectivity index (χ2n) is 13.8. The van der Waals surface area contributed by atoms with Crippen LogP contribution in [0, 0.1) is 0 Å². The van der Waals surface area contributed by atoms with E-state index in [9.17, 15) is 0 Å². The van der Waals surface area contributed by atoms with Gasteiger partial charge in [-0.25, -0.2) is 19.9 Å². The number of nitrogens with zero attached hydrogens (tertiary/aromatic N) is 4. The fourth-order valence-electron chi connectivity index (χ4n) is 7.67. The van der Waals surface area contributed by atoms with E-state index >= 15 is 0 Å². The summed E-state index contributed by atoms with van der Waals surface area (Å²) < 4.78 is 3.44. The molecule has 0 atom stereocenters. The first-order valence-electron chi connectivity index (χ1n) is 18.5. The molecule has 3 heterocycles. The molecule has 0 N–H and O–H groups in total. The zero-order valence-electron chi connectivity index (χ0n) is 29.9. The standard InChI is InChI=1S/C50H30N4S2/c1-4-14-31(15-5-1)32-24-26-34(27-25-32)47-52-48(37-28-36-20-10-11-21-38(36)40(29-37)33-16-6-2-7-17-33)54-49(53-47)45-44-39-22-12-13-23-42(39)55-43(44)30-41-46(45)56-50(51-41)35-18-8-3-9-19-35/h1-30H. The van der Waals surface area contributed by atoms with Gasteiger partial charge in [-0.1, -0.05) is 158 Å². The van der Waals surface area contributed by atoms with Crippen LogP contribution in [0.25, 0.3) is 108 Å². The third-order valence-electron chi connectivity index (χ3n) is 10.4. The molecule has 0 spiro atoms. The van der Waals surface area contributed by atoms with E-state index in [0.717, 1.165) is 69.6 Å². The number of thiophene rings is 1. The molecule has 11 aromatic rings. The van der Waals surface area contributed by atoms with Gasteiger partial charge in [0, 0.05) is 42.4 Å². The zero-order valence-corrected chi connectivity index (χ0v) is 31.6. The van der Waals surface area contributed by atoms with Gasteiger partial charge in [0.2, 0.25) is 0 Å². The van der Waals surface area contributed by atoms with Crippen molar-refractivity contribution in [2.45, 2.75) is 0 Å². The molecule has 0 unspecified atom stereocenters. The molecule has 3 aromatic heterocycles. The number of hydrogen-bond donors (Lipinski definition) is 0. The van der Waals surface area contributed by atoms with Crippen molar-refractivity contribution in [1.29, 1.82) is 0 Å². The molecule has 0 saturated heterocycles. The van der Waals surface area contributed by atoms with Crippen molar-refractivity contribution in [2.75, 3.05) is 0 Å². The second kappa shape index (κ2) is 13.5. The predicted octanol–water partition coefficient (Wildman–Crippen LogP) is 14.0. The summed E-state index contributed by atoms with van der Waals surface area (Å²) in [5, 5.41) is 5.61. The molecular weight excluding hydrogens is 721 g/mol. The fraction of sp³-hybridized carbons (Fsp3) is 0. The molecule has 0 aliphatic carbocycles. The maximum absolute atomic E-state index is 5.44. The topological polar surface area (TPSA) is 51.6 Å². The van der Waals surface area contributed by atoms with Gasteiger partial charge < -0.3 is 0 Å². The molecule has 0 aliphatic heterocycles. The Kier molecular flexibility index (Phi) is 7.83. The highest BCUT2D eigenvalue weighted by molar-refractivity contribution is 7.26. The summed E-state index contributed by atoms with van der Waals surface area (Å²) >= 11 is 3.48. The Morgan fingerprint density at radius 3 is 1.68 bits per heavy atom. The highest BCUT2D eigenvalue weighted by Crippen LogP contribution is 2.47. The van der Waals surface area contributed by atoms with Gasteiger partial charge in [-0.2, -0.15) is 0 Å². The second-order valence-corrected chi connectivity index (χ2v) is 15.9. The summed E-state index contributed by atoms with van der Waals surface area (Å²) in [4.78, 5) is 21.3. The third-order valence-corrected chi connectivity index (χ3v) is 12.6. The molecule has 8 aromatic carbocycles.